The van der Waals surface area contributed by atoms with E-state index in [-0.39, 0.29) is 11.8 Å². The number of quaternary nitrogens is 1. The number of para-hydroxylation sites is 2. The van der Waals surface area contributed by atoms with E-state index >= 15 is 0 Å². The van der Waals surface area contributed by atoms with Gasteiger partial charge in [-0.25, -0.2) is 0 Å². The number of carboxylic acid groups (broad SMARTS) is 1. The lowest BCUT2D eigenvalue weighted by Gasteiger charge is -2.39. The third kappa shape index (κ3) is 15.3. The molecule has 2 amide bonds. The Morgan fingerprint density at radius 3 is 1.21 bits per heavy atom. The van der Waals surface area contributed by atoms with E-state index in [0.717, 1.165) is 6.92 Å². The fourth-order valence-electron chi connectivity index (χ4n) is 4.67. The van der Waals surface area contributed by atoms with Crippen molar-refractivity contribution in [3.05, 3.63) is 72.3 Å². The number of aliphatic carboxylic acids is 1. The van der Waals surface area contributed by atoms with Crippen LogP contribution < -0.4 is 15.7 Å². The molecule has 0 spiro atoms. The average Bonchev–Trinajstić information content (AvgIpc) is 3.73. The summed E-state index contributed by atoms with van der Waals surface area (Å²) in [7, 11) is 0. The van der Waals surface area contributed by atoms with Gasteiger partial charge in [-0.1, -0.05) is 65.5 Å². The first kappa shape index (κ1) is 37.2. The highest BCUT2D eigenvalue weighted by Crippen LogP contribution is 2.22. The molecule has 1 aromatic carbocycles. The molecule has 2 heterocycles. The van der Waals surface area contributed by atoms with Gasteiger partial charge in [0.1, 0.15) is 11.4 Å². The third-order valence-corrected chi connectivity index (χ3v) is 7.05. The van der Waals surface area contributed by atoms with Gasteiger partial charge in [-0.05, 0) is 69.0 Å². The van der Waals surface area contributed by atoms with E-state index in [1.54, 1.807) is 60.9 Å². The topological polar surface area (TPSA) is 130 Å². The molecule has 3 rings (SSSR count). The van der Waals surface area contributed by atoms with E-state index in [2.05, 4.69) is 48.3 Å². The Balaban J connectivity index is 0.000000395. The van der Waals surface area contributed by atoms with Crippen molar-refractivity contribution >= 4 is 29.2 Å². The standard InChI is InChI=1S/C16H14N4O2.C16H36N.C2H4O2/c21-15(13-7-3-9-17-13)19-11-5-1-2-6-12(11)20-16(22)14-8-4-10-18-14;1-5-9-13-17(14-10-6-2,15-11-7-3)16-12-8-4;1-2(3)4/h1-10,17-18H,(H,19,21)(H,20,22);5-16H2,1-4H3;1H3,(H,3,4)/q;+1;/p-1. The Hall–Kier alpha value is -3.85. The highest BCUT2D eigenvalue weighted by Gasteiger charge is 2.24. The van der Waals surface area contributed by atoms with Crippen LogP contribution >= 0.6 is 0 Å². The number of aromatic amines is 2. The zero-order valence-corrected chi connectivity index (χ0v) is 26.8. The number of carbonyl (C=O) groups excluding carboxylic acids is 3. The summed E-state index contributed by atoms with van der Waals surface area (Å²) in [6.45, 7) is 16.0. The van der Waals surface area contributed by atoms with E-state index in [4.69, 9.17) is 9.90 Å². The van der Waals surface area contributed by atoms with Gasteiger partial charge in [0.25, 0.3) is 11.8 Å². The van der Waals surface area contributed by atoms with Gasteiger partial charge >= 0.3 is 0 Å². The normalized spacial score (nSPS) is 10.5. The van der Waals surface area contributed by atoms with Crippen LogP contribution in [-0.2, 0) is 4.79 Å². The fourth-order valence-corrected chi connectivity index (χ4v) is 4.67. The lowest BCUT2D eigenvalue weighted by atomic mass is 10.1. The number of carbonyl (C=O) groups is 3. The number of aromatic nitrogens is 2. The van der Waals surface area contributed by atoms with E-state index in [1.165, 1.54) is 82.0 Å². The molecule has 0 fully saturated rings. The summed E-state index contributed by atoms with van der Waals surface area (Å²) in [4.78, 5) is 38.7. The molecule has 0 bridgehead atoms. The second-order valence-electron chi connectivity index (χ2n) is 10.8. The van der Waals surface area contributed by atoms with E-state index in [0.29, 0.717) is 22.8 Å². The van der Waals surface area contributed by atoms with Crippen LogP contribution in [0.2, 0.25) is 0 Å². The predicted molar refractivity (Wildman–Crippen MR) is 174 cm³/mol. The maximum Gasteiger partial charge on any atom is 0.272 e. The number of anilines is 2. The Bertz CT molecular complexity index is 1050. The highest BCUT2D eigenvalue weighted by molar-refractivity contribution is 6.08. The number of benzene rings is 1. The van der Waals surface area contributed by atoms with Crippen molar-refractivity contribution in [3.8, 4) is 0 Å². The third-order valence-electron chi connectivity index (χ3n) is 7.05. The lowest BCUT2D eigenvalue weighted by Crippen LogP contribution is -2.50. The molecule has 0 saturated heterocycles. The Kier molecular flexibility index (Phi) is 18.8. The van der Waals surface area contributed by atoms with Gasteiger partial charge in [-0.3, -0.25) is 9.59 Å². The first-order valence-corrected chi connectivity index (χ1v) is 15.7. The number of rotatable bonds is 16. The molecule has 9 nitrogen and oxygen atoms in total. The van der Waals surface area contributed by atoms with Crippen LogP contribution in [0.15, 0.2) is 60.9 Å². The molecule has 3 aromatic rings. The van der Waals surface area contributed by atoms with Crippen LogP contribution in [0, 0.1) is 0 Å². The summed E-state index contributed by atoms with van der Waals surface area (Å²) in [5.41, 5.74) is 1.96. The molecule has 4 N–H and O–H groups in total. The van der Waals surface area contributed by atoms with E-state index in [9.17, 15) is 9.59 Å². The number of nitrogens with one attached hydrogen (secondary N) is 4. The molecule has 9 heteroatoms. The minimum absolute atomic E-state index is 0.272. The summed E-state index contributed by atoms with van der Waals surface area (Å²) >= 11 is 0. The van der Waals surface area contributed by atoms with Gasteiger partial charge in [0, 0.05) is 18.4 Å². The summed E-state index contributed by atoms with van der Waals surface area (Å²) < 4.78 is 1.42. The minimum atomic E-state index is -1.08. The molecule has 43 heavy (non-hydrogen) atoms. The van der Waals surface area contributed by atoms with Crippen LogP contribution in [0.1, 0.15) is 107 Å². The van der Waals surface area contributed by atoms with Crippen LogP contribution in [0.3, 0.4) is 0 Å². The van der Waals surface area contributed by atoms with Crippen LogP contribution in [0.4, 0.5) is 11.4 Å². The Morgan fingerprint density at radius 1 is 0.628 bits per heavy atom. The van der Waals surface area contributed by atoms with Crippen molar-refractivity contribution in [1.29, 1.82) is 0 Å². The second-order valence-corrected chi connectivity index (χ2v) is 10.8. The molecular weight excluding hydrogens is 542 g/mol. The maximum atomic E-state index is 12.1. The van der Waals surface area contributed by atoms with Gasteiger partial charge < -0.3 is 35.0 Å². The summed E-state index contributed by atoms with van der Waals surface area (Å²) in [6.07, 6.45) is 14.4. The largest absolute Gasteiger partial charge is 0.550 e. The van der Waals surface area contributed by atoms with Gasteiger partial charge in [-0.15, -0.1) is 0 Å². The molecule has 2 aromatic heterocycles. The van der Waals surface area contributed by atoms with Crippen LogP contribution in [0.5, 0.6) is 0 Å². The first-order chi connectivity index (χ1) is 20.7. The monoisotopic (exact) mass is 595 g/mol. The number of unbranched alkanes of at least 4 members (excludes halogenated alkanes) is 4. The van der Waals surface area contributed by atoms with Crippen molar-refractivity contribution in [2.75, 3.05) is 36.8 Å². The summed E-state index contributed by atoms with van der Waals surface area (Å²) in [6, 6.07) is 13.9. The molecule has 0 aliphatic rings. The Morgan fingerprint density at radius 2 is 0.953 bits per heavy atom. The van der Waals surface area contributed by atoms with Crippen LogP contribution in [-0.4, -0.2) is 58.4 Å². The van der Waals surface area contributed by atoms with Crippen molar-refractivity contribution in [3.63, 3.8) is 0 Å². The van der Waals surface area contributed by atoms with Gasteiger partial charge in [0.15, 0.2) is 0 Å². The quantitative estimate of drug-likeness (QED) is 0.139. The molecule has 0 aliphatic heterocycles. The molecule has 0 saturated carbocycles. The highest BCUT2D eigenvalue weighted by atomic mass is 16.4. The lowest BCUT2D eigenvalue weighted by molar-refractivity contribution is -0.929. The first-order valence-electron chi connectivity index (χ1n) is 15.7. The molecule has 0 radical (unpaired) electrons. The van der Waals surface area contributed by atoms with E-state index < -0.39 is 5.97 Å². The zero-order chi connectivity index (χ0) is 31.9. The van der Waals surface area contributed by atoms with Gasteiger partial charge in [0.2, 0.25) is 0 Å². The summed E-state index contributed by atoms with van der Waals surface area (Å²) in [5, 5.41) is 14.4. The maximum absolute atomic E-state index is 12.1. The molecular formula is C34H53N5O4. The second kappa shape index (κ2) is 21.8. The number of carboxylic acids is 1. The zero-order valence-electron chi connectivity index (χ0n) is 26.8. The van der Waals surface area contributed by atoms with Crippen molar-refractivity contribution in [1.82, 2.24) is 9.97 Å². The fraction of sp³-hybridized carbons (Fsp3) is 0.500. The smallest absolute Gasteiger partial charge is 0.272 e. The van der Waals surface area contributed by atoms with Crippen LogP contribution in [0.25, 0.3) is 0 Å². The molecule has 0 atom stereocenters. The molecule has 0 unspecified atom stereocenters. The molecule has 0 aliphatic carbocycles. The number of hydrogen-bond acceptors (Lipinski definition) is 4. The predicted octanol–water partition coefficient (Wildman–Crippen LogP) is 6.61. The van der Waals surface area contributed by atoms with Gasteiger partial charge in [0.05, 0.1) is 37.6 Å². The average molecular weight is 596 g/mol. The minimum Gasteiger partial charge on any atom is -0.550 e. The number of H-pyrrole nitrogens is 2. The van der Waals surface area contributed by atoms with E-state index in [1.807, 2.05) is 0 Å². The molecule has 238 valence electrons. The summed E-state index contributed by atoms with van der Waals surface area (Å²) in [5.74, 6) is -1.63. The Labute approximate surface area is 258 Å². The number of hydrogen-bond donors (Lipinski definition) is 4. The number of nitrogens with zero attached hydrogens (tertiary/aromatic N) is 1. The van der Waals surface area contributed by atoms with Crippen molar-refractivity contribution in [2.24, 2.45) is 0 Å². The SMILES string of the molecule is CC(=O)[O-].CCCC[N+](CCCC)(CCCC)CCCC.O=C(Nc1ccccc1NC(=O)c1ccc[nH]1)c1ccc[nH]1. The van der Waals surface area contributed by atoms with Crippen molar-refractivity contribution < 1.29 is 24.0 Å². The van der Waals surface area contributed by atoms with Crippen molar-refractivity contribution in [2.45, 2.75) is 86.0 Å². The van der Waals surface area contributed by atoms with Gasteiger partial charge in [-0.2, -0.15) is 0 Å². The number of amides is 2.